The maximum Gasteiger partial charge on any atom is 0.301 e. The average molecular weight is 385 g/mol. The molecule has 0 atom stereocenters. The Balaban J connectivity index is 1.58. The molecular formula is C18H19N5O3S. The van der Waals surface area contributed by atoms with Crippen LogP contribution in [0.5, 0.6) is 0 Å². The lowest BCUT2D eigenvalue weighted by atomic mass is 10.2. The van der Waals surface area contributed by atoms with Gasteiger partial charge in [-0.25, -0.2) is 4.98 Å². The van der Waals surface area contributed by atoms with E-state index >= 15 is 0 Å². The summed E-state index contributed by atoms with van der Waals surface area (Å²) in [4.78, 5) is 3.89. The molecule has 27 heavy (non-hydrogen) atoms. The SMILES string of the molecule is CN(C)S(=O)(=O)Nc1ccc(/C=N/Nc2ccc(-c3cnco3)cc2)cc1. The summed E-state index contributed by atoms with van der Waals surface area (Å²) in [6, 6.07) is 14.5. The van der Waals surface area contributed by atoms with Crippen molar-refractivity contribution in [2.45, 2.75) is 0 Å². The van der Waals surface area contributed by atoms with Gasteiger partial charge in [-0.05, 0) is 42.0 Å². The molecule has 0 saturated carbocycles. The van der Waals surface area contributed by atoms with Gasteiger partial charge in [0.2, 0.25) is 0 Å². The Morgan fingerprint density at radius 2 is 1.70 bits per heavy atom. The van der Waals surface area contributed by atoms with Crippen molar-refractivity contribution in [3.8, 4) is 11.3 Å². The molecule has 1 heterocycles. The molecule has 0 bridgehead atoms. The van der Waals surface area contributed by atoms with Crippen molar-refractivity contribution < 1.29 is 12.8 Å². The van der Waals surface area contributed by atoms with Crippen LogP contribution < -0.4 is 10.1 Å². The first-order valence-electron chi connectivity index (χ1n) is 8.02. The lowest BCUT2D eigenvalue weighted by Crippen LogP contribution is -2.28. The third kappa shape index (κ3) is 4.93. The zero-order valence-electron chi connectivity index (χ0n) is 14.8. The second-order valence-electron chi connectivity index (χ2n) is 5.82. The Bertz CT molecular complexity index is 996. The first-order valence-corrected chi connectivity index (χ1v) is 9.46. The van der Waals surface area contributed by atoms with Crippen LogP contribution in [0, 0.1) is 0 Å². The van der Waals surface area contributed by atoms with E-state index in [-0.39, 0.29) is 0 Å². The normalized spacial score (nSPS) is 11.8. The molecule has 2 aromatic carbocycles. The predicted molar refractivity (Wildman–Crippen MR) is 106 cm³/mol. The van der Waals surface area contributed by atoms with E-state index in [9.17, 15) is 8.42 Å². The van der Waals surface area contributed by atoms with Gasteiger partial charge in [-0.3, -0.25) is 10.1 Å². The van der Waals surface area contributed by atoms with E-state index in [1.54, 1.807) is 36.7 Å². The molecule has 0 unspecified atom stereocenters. The summed E-state index contributed by atoms with van der Waals surface area (Å²) in [6.07, 6.45) is 4.69. The van der Waals surface area contributed by atoms with Gasteiger partial charge in [-0.2, -0.15) is 17.8 Å². The monoisotopic (exact) mass is 385 g/mol. The second kappa shape index (κ2) is 8.02. The first-order chi connectivity index (χ1) is 12.9. The standard InChI is InChI=1S/C18H19N5O3S/c1-23(2)27(24,25)22-17-7-3-14(4-8-17)11-20-21-16-9-5-15(6-10-16)18-12-19-13-26-18/h3-13,21-22H,1-2H3/b20-11+. The van der Waals surface area contributed by atoms with E-state index in [1.165, 1.54) is 20.5 Å². The highest BCUT2D eigenvalue weighted by molar-refractivity contribution is 7.90. The molecule has 0 saturated heterocycles. The number of hydrogen-bond acceptors (Lipinski definition) is 6. The average Bonchev–Trinajstić information content (AvgIpc) is 3.18. The number of nitrogens with zero attached hydrogens (tertiary/aromatic N) is 3. The van der Waals surface area contributed by atoms with Gasteiger partial charge in [0.15, 0.2) is 12.2 Å². The summed E-state index contributed by atoms with van der Waals surface area (Å²) < 4.78 is 32.4. The van der Waals surface area contributed by atoms with Crippen LogP contribution in [0.4, 0.5) is 11.4 Å². The minimum absolute atomic E-state index is 0.483. The fourth-order valence-corrected chi connectivity index (χ4v) is 2.74. The van der Waals surface area contributed by atoms with Crippen LogP contribution in [0.3, 0.4) is 0 Å². The molecule has 3 rings (SSSR count). The van der Waals surface area contributed by atoms with E-state index in [2.05, 4.69) is 20.2 Å². The Labute approximate surface area is 157 Å². The highest BCUT2D eigenvalue weighted by Crippen LogP contribution is 2.20. The Morgan fingerprint density at radius 3 is 2.30 bits per heavy atom. The van der Waals surface area contributed by atoms with Crippen LogP contribution in [0.25, 0.3) is 11.3 Å². The fraction of sp³-hybridized carbons (Fsp3) is 0.111. The molecule has 1 aromatic heterocycles. The number of oxazole rings is 1. The topological polar surface area (TPSA) is 99.8 Å². The molecule has 8 nitrogen and oxygen atoms in total. The molecule has 0 aliphatic carbocycles. The van der Waals surface area contributed by atoms with Crippen molar-refractivity contribution in [1.29, 1.82) is 0 Å². The van der Waals surface area contributed by atoms with Crippen LogP contribution in [-0.2, 0) is 10.2 Å². The van der Waals surface area contributed by atoms with Crippen LogP contribution in [0.15, 0.2) is 70.6 Å². The van der Waals surface area contributed by atoms with Gasteiger partial charge < -0.3 is 4.42 Å². The molecule has 3 aromatic rings. The molecule has 0 amide bonds. The minimum Gasteiger partial charge on any atom is -0.444 e. The first kappa shape index (κ1) is 18.6. The summed E-state index contributed by atoms with van der Waals surface area (Å²) in [5.74, 6) is 0.704. The van der Waals surface area contributed by atoms with Gasteiger partial charge in [0.05, 0.1) is 18.1 Å². The van der Waals surface area contributed by atoms with Gasteiger partial charge in [0, 0.05) is 25.3 Å². The van der Waals surface area contributed by atoms with E-state index in [0.29, 0.717) is 11.4 Å². The smallest absolute Gasteiger partial charge is 0.301 e. The summed E-state index contributed by atoms with van der Waals surface area (Å²) in [5, 5.41) is 4.18. The molecule has 0 fully saturated rings. The van der Waals surface area contributed by atoms with Crippen LogP contribution in [0.1, 0.15) is 5.56 Å². The third-order valence-corrected chi connectivity index (χ3v) is 5.10. The summed E-state index contributed by atoms with van der Waals surface area (Å²) in [7, 11) is -0.580. The van der Waals surface area contributed by atoms with Crippen LogP contribution in [-0.4, -0.2) is 38.0 Å². The van der Waals surface area contributed by atoms with Crippen LogP contribution in [0.2, 0.25) is 0 Å². The maximum atomic E-state index is 11.8. The lowest BCUT2D eigenvalue weighted by Gasteiger charge is -2.13. The van der Waals surface area contributed by atoms with Crippen molar-refractivity contribution >= 4 is 27.8 Å². The van der Waals surface area contributed by atoms with Crippen molar-refractivity contribution in [2.24, 2.45) is 5.10 Å². The largest absolute Gasteiger partial charge is 0.444 e. The van der Waals surface area contributed by atoms with Gasteiger partial charge >= 0.3 is 10.2 Å². The highest BCUT2D eigenvalue weighted by Gasteiger charge is 2.12. The minimum atomic E-state index is -3.51. The van der Waals surface area contributed by atoms with Crippen molar-refractivity contribution in [3.05, 3.63) is 66.7 Å². The fourth-order valence-electron chi connectivity index (χ4n) is 2.13. The molecular weight excluding hydrogens is 366 g/mol. The van der Waals surface area contributed by atoms with E-state index in [4.69, 9.17) is 4.42 Å². The number of benzene rings is 2. The number of rotatable bonds is 7. The molecule has 140 valence electrons. The molecule has 0 radical (unpaired) electrons. The van der Waals surface area contributed by atoms with E-state index in [0.717, 1.165) is 21.1 Å². The van der Waals surface area contributed by atoms with Gasteiger partial charge in [-0.1, -0.05) is 12.1 Å². The van der Waals surface area contributed by atoms with Crippen molar-refractivity contribution in [1.82, 2.24) is 9.29 Å². The number of nitrogens with one attached hydrogen (secondary N) is 2. The van der Waals surface area contributed by atoms with E-state index in [1.807, 2.05) is 24.3 Å². The Hall–Kier alpha value is -3.17. The third-order valence-electron chi connectivity index (χ3n) is 3.65. The summed E-state index contributed by atoms with van der Waals surface area (Å²) in [5.41, 5.74) is 6.00. The number of aromatic nitrogens is 1. The van der Waals surface area contributed by atoms with Crippen molar-refractivity contribution in [2.75, 3.05) is 24.2 Å². The Morgan fingerprint density at radius 1 is 1.04 bits per heavy atom. The molecule has 2 N–H and O–H groups in total. The Kier molecular flexibility index (Phi) is 5.53. The van der Waals surface area contributed by atoms with Crippen LogP contribution >= 0.6 is 0 Å². The van der Waals surface area contributed by atoms with Crippen molar-refractivity contribution in [3.63, 3.8) is 0 Å². The quantitative estimate of drug-likeness (QED) is 0.481. The second-order valence-corrected chi connectivity index (χ2v) is 7.71. The van der Waals surface area contributed by atoms with E-state index < -0.39 is 10.2 Å². The maximum absolute atomic E-state index is 11.8. The van der Waals surface area contributed by atoms with Gasteiger partial charge in [-0.15, -0.1) is 0 Å². The molecule has 0 aliphatic rings. The predicted octanol–water partition coefficient (Wildman–Crippen LogP) is 3.01. The zero-order chi connectivity index (χ0) is 19.3. The highest BCUT2D eigenvalue weighted by atomic mass is 32.2. The lowest BCUT2D eigenvalue weighted by molar-refractivity contribution is 0.527. The summed E-state index contributed by atoms with van der Waals surface area (Å²) in [6.45, 7) is 0. The zero-order valence-corrected chi connectivity index (χ0v) is 15.6. The molecule has 0 spiro atoms. The van der Waals surface area contributed by atoms with Gasteiger partial charge in [0.25, 0.3) is 0 Å². The number of anilines is 2. The van der Waals surface area contributed by atoms with Gasteiger partial charge in [0.1, 0.15) is 0 Å². The molecule has 0 aliphatic heterocycles. The molecule has 9 heteroatoms. The number of hydrazone groups is 1. The summed E-state index contributed by atoms with van der Waals surface area (Å²) >= 11 is 0. The number of hydrogen-bond donors (Lipinski definition) is 2.